The zero-order chi connectivity index (χ0) is 41.3. The number of rotatable bonds is 52. The lowest BCUT2D eigenvalue weighted by atomic mass is 10.1. The molecule has 0 aliphatic rings. The second kappa shape index (κ2) is 51.7. The first-order valence-electron chi connectivity index (χ1n) is 26.4. The fraction of sp³-hybridized carbons (Fsp3) is 1.00. The van der Waals surface area contributed by atoms with E-state index in [1.165, 1.54) is 308 Å². The van der Waals surface area contributed by atoms with Gasteiger partial charge in [0.25, 0.3) is 0 Å². The van der Waals surface area contributed by atoms with Gasteiger partial charge in [-0.25, -0.2) is 0 Å². The average molecular weight is 876 g/mol. The summed E-state index contributed by atoms with van der Waals surface area (Å²) >= 11 is 9.13. The fourth-order valence-electron chi connectivity index (χ4n) is 8.44. The molecule has 0 aromatic rings. The molecule has 0 heterocycles. The van der Waals surface area contributed by atoms with Crippen molar-refractivity contribution < 1.29 is 4.48 Å². The van der Waals surface area contributed by atoms with Crippen molar-refractivity contribution in [1.82, 2.24) is 0 Å². The van der Waals surface area contributed by atoms with Crippen LogP contribution in [0.5, 0.6) is 0 Å². The second-order valence-electron chi connectivity index (χ2n) is 18.0. The molecule has 0 spiro atoms. The molecular weight excluding hydrogens is 767 g/mol. The van der Waals surface area contributed by atoms with Crippen molar-refractivity contribution in [2.45, 2.75) is 259 Å². The molecular formula is C52H108NS4+. The number of hydrogen-bond donors (Lipinski definition) is 0. The summed E-state index contributed by atoms with van der Waals surface area (Å²) < 4.78 is 1.44. The topological polar surface area (TPSA) is 0 Å². The first-order valence-corrected chi connectivity index (χ1v) is 31.0. The Balaban J connectivity index is 4.91. The largest absolute Gasteiger partial charge is 0.324 e. The van der Waals surface area contributed by atoms with E-state index in [0.29, 0.717) is 0 Å². The summed E-state index contributed by atoms with van der Waals surface area (Å²) in [6.07, 6.45) is 52.0. The molecule has 0 aliphatic carbocycles. The Morgan fingerprint density at radius 3 is 0.544 bits per heavy atom. The Labute approximate surface area is 380 Å². The van der Waals surface area contributed by atoms with Gasteiger partial charge in [-0.2, -0.15) is 47.0 Å². The van der Waals surface area contributed by atoms with Crippen molar-refractivity contribution in [3.8, 4) is 0 Å². The van der Waals surface area contributed by atoms with Gasteiger partial charge in [0.15, 0.2) is 0 Å². The molecule has 0 atom stereocenters. The summed E-state index contributed by atoms with van der Waals surface area (Å²) in [6, 6.07) is 0. The summed E-state index contributed by atoms with van der Waals surface area (Å²) in [5.41, 5.74) is 0. The van der Waals surface area contributed by atoms with Gasteiger partial charge in [0.2, 0.25) is 0 Å². The second-order valence-corrected chi connectivity index (χ2v) is 22.9. The highest BCUT2D eigenvalue weighted by atomic mass is 32.2. The van der Waals surface area contributed by atoms with Crippen LogP contribution in [0.25, 0.3) is 0 Å². The molecule has 0 bridgehead atoms. The number of hydrogen-bond acceptors (Lipinski definition) is 4. The summed E-state index contributed by atoms with van der Waals surface area (Å²) in [5.74, 6) is 11.2. The van der Waals surface area contributed by atoms with Crippen LogP contribution in [0.4, 0.5) is 0 Å². The number of unbranched alkanes of at least 4 members (excludes halogenated alkanes) is 28. The molecule has 0 rings (SSSR count). The monoisotopic (exact) mass is 875 g/mol. The first-order chi connectivity index (χ1) is 28.2. The van der Waals surface area contributed by atoms with Gasteiger partial charge in [0.1, 0.15) is 0 Å². The van der Waals surface area contributed by atoms with Gasteiger partial charge >= 0.3 is 0 Å². The highest BCUT2D eigenvalue weighted by Gasteiger charge is 2.26. The van der Waals surface area contributed by atoms with Crippen LogP contribution in [0.15, 0.2) is 0 Å². The van der Waals surface area contributed by atoms with E-state index < -0.39 is 0 Å². The third-order valence-corrected chi connectivity index (χ3v) is 16.9. The number of thioether (sulfide) groups is 4. The highest BCUT2D eigenvalue weighted by molar-refractivity contribution is 7.99. The van der Waals surface area contributed by atoms with Gasteiger partial charge in [0, 0.05) is 25.7 Å². The number of nitrogens with zero attached hydrogens (tertiary/aromatic N) is 1. The smallest absolute Gasteiger partial charge is 0.0794 e. The SMILES string of the molecule is CCCCCCCCCCSCCC[N+](CCCSCCCCCCCCCC)(CCCSCCCCCCCCCC)CCCSCCCCCCCCCC. The summed E-state index contributed by atoms with van der Waals surface area (Å²) in [4.78, 5) is 0. The summed E-state index contributed by atoms with van der Waals surface area (Å²) in [6.45, 7) is 15.1. The Hall–Kier alpha value is 1.36. The predicted molar refractivity (Wildman–Crippen MR) is 278 cm³/mol. The molecule has 0 saturated heterocycles. The Kier molecular flexibility index (Phi) is 52.9. The van der Waals surface area contributed by atoms with E-state index in [-0.39, 0.29) is 0 Å². The van der Waals surface area contributed by atoms with Crippen LogP contribution < -0.4 is 0 Å². The van der Waals surface area contributed by atoms with E-state index in [9.17, 15) is 0 Å². The lowest BCUT2D eigenvalue weighted by molar-refractivity contribution is -0.928. The zero-order valence-electron chi connectivity index (χ0n) is 40.0. The predicted octanol–water partition coefficient (Wildman–Crippen LogP) is 18.9. The Morgan fingerprint density at radius 1 is 0.193 bits per heavy atom. The minimum atomic E-state index is 1.37. The molecule has 0 unspecified atom stereocenters. The van der Waals surface area contributed by atoms with Crippen LogP contribution >= 0.6 is 47.0 Å². The molecule has 0 fully saturated rings. The van der Waals surface area contributed by atoms with E-state index >= 15 is 0 Å². The zero-order valence-corrected chi connectivity index (χ0v) is 43.3. The van der Waals surface area contributed by atoms with E-state index in [1.807, 2.05) is 0 Å². The third-order valence-electron chi connectivity index (χ3n) is 12.3. The molecule has 0 saturated carbocycles. The molecule has 1 nitrogen and oxygen atoms in total. The van der Waals surface area contributed by atoms with Crippen molar-refractivity contribution in [2.24, 2.45) is 0 Å². The van der Waals surface area contributed by atoms with E-state index in [1.54, 1.807) is 0 Å². The van der Waals surface area contributed by atoms with E-state index in [0.717, 1.165) is 0 Å². The quantitative estimate of drug-likeness (QED) is 0.0441. The lowest BCUT2D eigenvalue weighted by Gasteiger charge is -2.39. The molecule has 344 valence electrons. The maximum absolute atomic E-state index is 2.33. The van der Waals surface area contributed by atoms with Gasteiger partial charge in [-0.15, -0.1) is 0 Å². The van der Waals surface area contributed by atoms with Crippen molar-refractivity contribution in [3.63, 3.8) is 0 Å². The van der Waals surface area contributed by atoms with Gasteiger partial charge in [-0.05, 0) is 71.7 Å². The van der Waals surface area contributed by atoms with Crippen LogP contribution in [0, 0.1) is 0 Å². The molecule has 0 aromatic heterocycles. The van der Waals surface area contributed by atoms with Gasteiger partial charge in [0.05, 0.1) is 26.2 Å². The molecule has 0 N–H and O–H groups in total. The van der Waals surface area contributed by atoms with Crippen LogP contribution in [-0.2, 0) is 0 Å². The minimum absolute atomic E-state index is 1.37. The molecule has 5 heteroatoms. The van der Waals surface area contributed by atoms with Crippen molar-refractivity contribution >= 4 is 47.0 Å². The summed E-state index contributed by atoms with van der Waals surface area (Å²) in [5, 5.41) is 0. The number of quaternary nitrogens is 1. The fourth-order valence-corrected chi connectivity index (χ4v) is 12.2. The standard InChI is InChI=1S/C52H108NS4/c1-5-9-13-17-21-25-29-33-45-54-49-37-41-53(42-38-50-55-46-34-30-26-22-18-14-10-6-2,43-39-51-56-47-35-31-27-23-19-15-11-7-3)44-40-52-57-48-36-32-28-24-20-16-12-8-4/h5-52H2,1-4H3/q+1. The summed E-state index contributed by atoms with van der Waals surface area (Å²) in [7, 11) is 0. The highest BCUT2D eigenvalue weighted by Crippen LogP contribution is 2.22. The van der Waals surface area contributed by atoms with Gasteiger partial charge in [-0.1, -0.05) is 207 Å². The molecule has 57 heavy (non-hydrogen) atoms. The normalized spacial score (nSPS) is 12.0. The van der Waals surface area contributed by atoms with E-state index in [2.05, 4.69) is 74.7 Å². The molecule has 0 aliphatic heterocycles. The van der Waals surface area contributed by atoms with Crippen molar-refractivity contribution in [1.29, 1.82) is 0 Å². The van der Waals surface area contributed by atoms with Crippen LogP contribution in [-0.4, -0.2) is 76.7 Å². The van der Waals surface area contributed by atoms with Crippen LogP contribution in [0.1, 0.15) is 259 Å². The van der Waals surface area contributed by atoms with Gasteiger partial charge in [-0.3, -0.25) is 0 Å². The van der Waals surface area contributed by atoms with Crippen LogP contribution in [0.3, 0.4) is 0 Å². The lowest BCUT2D eigenvalue weighted by Crippen LogP contribution is -2.51. The van der Waals surface area contributed by atoms with Crippen LogP contribution in [0.2, 0.25) is 0 Å². The first kappa shape index (κ1) is 58.4. The molecule has 0 aromatic carbocycles. The minimum Gasteiger partial charge on any atom is -0.324 e. The van der Waals surface area contributed by atoms with Crippen molar-refractivity contribution in [2.75, 3.05) is 72.2 Å². The molecule has 0 amide bonds. The maximum atomic E-state index is 2.33. The van der Waals surface area contributed by atoms with Crippen molar-refractivity contribution in [3.05, 3.63) is 0 Å². The van der Waals surface area contributed by atoms with Gasteiger partial charge < -0.3 is 4.48 Å². The average Bonchev–Trinajstić information content (AvgIpc) is 3.22. The third kappa shape index (κ3) is 46.7. The Morgan fingerprint density at radius 2 is 0.351 bits per heavy atom. The maximum Gasteiger partial charge on any atom is 0.0794 e. The van der Waals surface area contributed by atoms with E-state index in [4.69, 9.17) is 0 Å². The Bertz CT molecular complexity index is 588. The molecule has 0 radical (unpaired) electrons.